The van der Waals surface area contributed by atoms with Gasteiger partial charge in [-0.25, -0.2) is 4.79 Å². The molecule has 1 aromatic rings. The number of benzene rings is 1. The van der Waals surface area contributed by atoms with E-state index < -0.39 is 6.09 Å². The van der Waals surface area contributed by atoms with E-state index in [1.807, 2.05) is 31.1 Å². The number of hydrogen-bond donors (Lipinski definition) is 1. The lowest BCUT2D eigenvalue weighted by atomic mass is 10.1. The van der Waals surface area contributed by atoms with Crippen molar-refractivity contribution in [3.05, 3.63) is 35.4 Å². The molecule has 0 spiro atoms. The van der Waals surface area contributed by atoms with Crippen LogP contribution < -0.4 is 0 Å². The van der Waals surface area contributed by atoms with Crippen molar-refractivity contribution in [2.24, 2.45) is 0 Å². The number of rotatable bonds is 3. The van der Waals surface area contributed by atoms with Gasteiger partial charge >= 0.3 is 6.09 Å². The SMILES string of the molecule is CN(C)C(=S)c1cccc(CN2CCN(C(=O)O)CC2)c1. The molecule has 1 saturated heterocycles. The summed E-state index contributed by atoms with van der Waals surface area (Å²) in [6.07, 6.45) is -0.826. The summed E-state index contributed by atoms with van der Waals surface area (Å²) in [5.41, 5.74) is 2.26. The molecule has 6 heteroatoms. The Hall–Kier alpha value is -1.66. The number of carboxylic acid groups (broad SMARTS) is 1. The molecular formula is C15H21N3O2S. The number of carbonyl (C=O) groups is 1. The summed E-state index contributed by atoms with van der Waals surface area (Å²) in [6, 6.07) is 8.25. The summed E-state index contributed by atoms with van der Waals surface area (Å²) < 4.78 is 0. The molecule has 0 bridgehead atoms. The van der Waals surface area contributed by atoms with Crippen LogP contribution in [-0.4, -0.2) is 71.2 Å². The van der Waals surface area contributed by atoms with Gasteiger partial charge in [0.05, 0.1) is 0 Å². The van der Waals surface area contributed by atoms with Crippen LogP contribution in [-0.2, 0) is 6.54 Å². The smallest absolute Gasteiger partial charge is 0.407 e. The maximum absolute atomic E-state index is 10.9. The monoisotopic (exact) mass is 307 g/mol. The zero-order valence-corrected chi connectivity index (χ0v) is 13.3. The Balaban J connectivity index is 1.96. The van der Waals surface area contributed by atoms with Gasteiger partial charge in [0.1, 0.15) is 4.99 Å². The van der Waals surface area contributed by atoms with Crippen molar-refractivity contribution in [2.45, 2.75) is 6.54 Å². The number of hydrogen-bond acceptors (Lipinski definition) is 3. The second-order valence-corrected chi connectivity index (χ2v) is 5.83. The van der Waals surface area contributed by atoms with E-state index in [4.69, 9.17) is 17.3 Å². The van der Waals surface area contributed by atoms with Gasteiger partial charge in [-0.3, -0.25) is 4.90 Å². The van der Waals surface area contributed by atoms with E-state index in [-0.39, 0.29) is 0 Å². The molecule has 1 aromatic carbocycles. The molecule has 21 heavy (non-hydrogen) atoms. The largest absolute Gasteiger partial charge is 0.465 e. The summed E-state index contributed by atoms with van der Waals surface area (Å²) in [5.74, 6) is 0. The molecule has 1 aliphatic rings. The molecular weight excluding hydrogens is 286 g/mol. The Labute approximate surface area is 130 Å². The van der Waals surface area contributed by atoms with Crippen LogP contribution in [0.1, 0.15) is 11.1 Å². The third kappa shape index (κ3) is 4.15. The quantitative estimate of drug-likeness (QED) is 0.862. The predicted octanol–water partition coefficient (Wildman–Crippen LogP) is 1.72. The first-order valence-corrected chi connectivity index (χ1v) is 7.39. The van der Waals surface area contributed by atoms with Gasteiger partial charge in [-0.2, -0.15) is 0 Å². The molecule has 0 radical (unpaired) electrons. The highest BCUT2D eigenvalue weighted by molar-refractivity contribution is 7.80. The van der Waals surface area contributed by atoms with Crippen molar-refractivity contribution >= 4 is 23.3 Å². The van der Waals surface area contributed by atoms with Gasteiger partial charge in [-0.05, 0) is 11.6 Å². The minimum Gasteiger partial charge on any atom is -0.465 e. The molecule has 0 aromatic heterocycles. The van der Waals surface area contributed by atoms with Crippen LogP contribution in [0.4, 0.5) is 4.79 Å². The van der Waals surface area contributed by atoms with E-state index in [0.29, 0.717) is 13.1 Å². The van der Waals surface area contributed by atoms with E-state index in [2.05, 4.69) is 17.0 Å². The van der Waals surface area contributed by atoms with E-state index >= 15 is 0 Å². The zero-order chi connectivity index (χ0) is 15.4. The summed E-state index contributed by atoms with van der Waals surface area (Å²) in [6.45, 7) is 3.52. The molecule has 1 amide bonds. The third-order valence-electron chi connectivity index (χ3n) is 3.63. The second-order valence-electron chi connectivity index (χ2n) is 5.45. The summed E-state index contributed by atoms with van der Waals surface area (Å²) in [5, 5.41) is 8.95. The molecule has 0 aliphatic carbocycles. The van der Waals surface area contributed by atoms with Crippen LogP contribution in [0.15, 0.2) is 24.3 Å². The third-order valence-corrected chi connectivity index (χ3v) is 4.23. The van der Waals surface area contributed by atoms with E-state index in [0.717, 1.165) is 30.2 Å². The molecule has 1 heterocycles. The first kappa shape index (κ1) is 15.7. The van der Waals surface area contributed by atoms with Crippen LogP contribution >= 0.6 is 12.2 Å². The molecule has 5 nitrogen and oxygen atoms in total. The standard InChI is InChI=1S/C15H21N3O2S/c1-16(2)14(21)13-5-3-4-12(10-13)11-17-6-8-18(9-7-17)15(19)20/h3-5,10H,6-9,11H2,1-2H3,(H,19,20). The number of piperazine rings is 1. The predicted molar refractivity (Wildman–Crippen MR) is 86.7 cm³/mol. The number of thiocarbonyl (C=S) groups is 1. The van der Waals surface area contributed by atoms with Crippen LogP contribution in [0.25, 0.3) is 0 Å². The Morgan fingerprint density at radius 2 is 1.95 bits per heavy atom. The van der Waals surface area contributed by atoms with Gasteiger partial charge in [0.15, 0.2) is 0 Å². The van der Waals surface area contributed by atoms with Crippen LogP contribution in [0.2, 0.25) is 0 Å². The molecule has 2 rings (SSSR count). The van der Waals surface area contributed by atoms with Gasteiger partial charge in [0.2, 0.25) is 0 Å². The molecule has 0 unspecified atom stereocenters. The Kier molecular flexibility index (Phi) is 5.14. The normalized spacial score (nSPS) is 15.8. The maximum Gasteiger partial charge on any atom is 0.407 e. The van der Waals surface area contributed by atoms with Crippen molar-refractivity contribution in [1.29, 1.82) is 0 Å². The van der Waals surface area contributed by atoms with Gasteiger partial charge in [-0.15, -0.1) is 0 Å². The fourth-order valence-corrected chi connectivity index (χ4v) is 2.54. The average molecular weight is 307 g/mol. The zero-order valence-electron chi connectivity index (χ0n) is 12.5. The highest BCUT2D eigenvalue weighted by Gasteiger charge is 2.20. The van der Waals surface area contributed by atoms with Crippen LogP contribution in [0.3, 0.4) is 0 Å². The van der Waals surface area contributed by atoms with Crippen LogP contribution in [0, 0.1) is 0 Å². The maximum atomic E-state index is 10.9. The van der Waals surface area contributed by atoms with Gasteiger partial charge < -0.3 is 14.9 Å². The van der Waals surface area contributed by atoms with Crippen molar-refractivity contribution in [1.82, 2.24) is 14.7 Å². The summed E-state index contributed by atoms with van der Waals surface area (Å²) in [4.78, 5) is 17.4. The Bertz CT molecular complexity index is 525. The topological polar surface area (TPSA) is 47.0 Å². The minimum atomic E-state index is -0.826. The summed E-state index contributed by atoms with van der Waals surface area (Å²) >= 11 is 5.39. The fraction of sp³-hybridized carbons (Fsp3) is 0.467. The van der Waals surface area contributed by atoms with Crippen molar-refractivity contribution < 1.29 is 9.90 Å². The van der Waals surface area contributed by atoms with Crippen molar-refractivity contribution in [3.63, 3.8) is 0 Å². The van der Waals surface area contributed by atoms with E-state index in [1.54, 1.807) is 0 Å². The minimum absolute atomic E-state index is 0.575. The number of nitrogens with zero attached hydrogens (tertiary/aromatic N) is 3. The van der Waals surface area contributed by atoms with Crippen molar-refractivity contribution in [2.75, 3.05) is 40.3 Å². The van der Waals surface area contributed by atoms with Gasteiger partial charge in [0, 0.05) is 52.4 Å². The fourth-order valence-electron chi connectivity index (χ4n) is 2.42. The lowest BCUT2D eigenvalue weighted by Gasteiger charge is -2.33. The molecule has 1 fully saturated rings. The van der Waals surface area contributed by atoms with E-state index in [1.165, 1.54) is 10.5 Å². The molecule has 0 saturated carbocycles. The van der Waals surface area contributed by atoms with Crippen molar-refractivity contribution in [3.8, 4) is 0 Å². The first-order chi connectivity index (χ1) is 9.97. The molecule has 1 aliphatic heterocycles. The second kappa shape index (κ2) is 6.87. The molecule has 1 N–H and O–H groups in total. The lowest BCUT2D eigenvalue weighted by Crippen LogP contribution is -2.47. The highest BCUT2D eigenvalue weighted by Crippen LogP contribution is 2.12. The van der Waals surface area contributed by atoms with Crippen LogP contribution in [0.5, 0.6) is 0 Å². The van der Waals surface area contributed by atoms with E-state index in [9.17, 15) is 4.79 Å². The lowest BCUT2D eigenvalue weighted by molar-refractivity contribution is 0.103. The summed E-state index contributed by atoms with van der Waals surface area (Å²) in [7, 11) is 3.89. The number of amides is 1. The molecule has 114 valence electrons. The molecule has 0 atom stereocenters. The first-order valence-electron chi connectivity index (χ1n) is 6.98. The van der Waals surface area contributed by atoms with Gasteiger partial charge in [0.25, 0.3) is 0 Å². The average Bonchev–Trinajstić information content (AvgIpc) is 2.47. The highest BCUT2D eigenvalue weighted by atomic mass is 32.1. The Morgan fingerprint density at radius 3 is 2.52 bits per heavy atom. The Morgan fingerprint density at radius 1 is 1.29 bits per heavy atom. The van der Waals surface area contributed by atoms with Gasteiger partial charge in [-0.1, -0.05) is 30.4 Å².